The molecule has 1 N–H and O–H groups in total. The van der Waals surface area contributed by atoms with Crippen molar-refractivity contribution in [2.75, 3.05) is 26.2 Å². The number of nitrogens with one attached hydrogen (secondary N) is 1. The maximum atomic E-state index is 12.2. The van der Waals surface area contributed by atoms with Gasteiger partial charge in [0, 0.05) is 6.54 Å². The molecule has 1 aromatic rings. The lowest BCUT2D eigenvalue weighted by Crippen LogP contribution is -2.38. The van der Waals surface area contributed by atoms with Gasteiger partial charge in [-0.15, -0.1) is 0 Å². The van der Waals surface area contributed by atoms with Crippen LogP contribution in [-0.4, -0.2) is 43.1 Å². The molecule has 1 heterocycles. The highest BCUT2D eigenvalue weighted by Crippen LogP contribution is 2.25. The van der Waals surface area contributed by atoms with Crippen molar-refractivity contribution in [3.05, 3.63) is 29.3 Å². The number of aryl methyl sites for hydroxylation is 2. The standard InChI is InChI=1S/C21H32N2O2/c1-17(21(24)22-12-7-15-23-13-5-2-6-14-23)25-20-11-10-18-8-3-4-9-19(18)16-20/h10-11,16-17H,2-9,12-15H2,1H3,(H,22,24)/t17-/m0/s1. The number of rotatable bonds is 7. The Morgan fingerprint density at radius 2 is 1.88 bits per heavy atom. The Morgan fingerprint density at radius 3 is 2.68 bits per heavy atom. The van der Waals surface area contributed by atoms with Crippen molar-refractivity contribution in [1.82, 2.24) is 10.2 Å². The summed E-state index contributed by atoms with van der Waals surface area (Å²) in [4.78, 5) is 14.7. The van der Waals surface area contributed by atoms with Gasteiger partial charge in [0.25, 0.3) is 5.91 Å². The Kier molecular flexibility index (Phi) is 6.74. The number of carbonyl (C=O) groups is 1. The molecule has 0 radical (unpaired) electrons. The third-order valence-corrected chi connectivity index (χ3v) is 5.40. The van der Waals surface area contributed by atoms with E-state index in [2.05, 4.69) is 22.3 Å². The molecule has 1 aliphatic carbocycles. The molecule has 0 spiro atoms. The maximum absolute atomic E-state index is 12.2. The Labute approximate surface area is 151 Å². The summed E-state index contributed by atoms with van der Waals surface area (Å²) in [5.41, 5.74) is 2.83. The van der Waals surface area contributed by atoms with Crippen molar-refractivity contribution >= 4 is 5.91 Å². The molecule has 1 saturated heterocycles. The lowest BCUT2D eigenvalue weighted by Gasteiger charge is -2.26. The largest absolute Gasteiger partial charge is 0.481 e. The van der Waals surface area contributed by atoms with E-state index in [1.165, 1.54) is 62.7 Å². The SMILES string of the molecule is C[C@H](Oc1ccc2c(c1)CCCC2)C(=O)NCCCN1CCCCC1. The van der Waals surface area contributed by atoms with E-state index >= 15 is 0 Å². The fraction of sp³-hybridized carbons (Fsp3) is 0.667. The van der Waals surface area contributed by atoms with E-state index in [0.717, 1.165) is 31.7 Å². The molecule has 25 heavy (non-hydrogen) atoms. The second kappa shape index (κ2) is 9.23. The van der Waals surface area contributed by atoms with Gasteiger partial charge < -0.3 is 15.0 Å². The van der Waals surface area contributed by atoms with Gasteiger partial charge in [0.1, 0.15) is 5.75 Å². The van der Waals surface area contributed by atoms with Crippen LogP contribution in [0.2, 0.25) is 0 Å². The molecule has 4 nitrogen and oxygen atoms in total. The van der Waals surface area contributed by atoms with Gasteiger partial charge in [-0.2, -0.15) is 0 Å². The number of ether oxygens (including phenoxy) is 1. The lowest BCUT2D eigenvalue weighted by molar-refractivity contribution is -0.127. The van der Waals surface area contributed by atoms with Gasteiger partial charge in [-0.3, -0.25) is 4.79 Å². The fourth-order valence-electron chi connectivity index (χ4n) is 3.88. The first-order chi connectivity index (χ1) is 12.2. The normalized spacial score (nSPS) is 19.1. The van der Waals surface area contributed by atoms with Crippen LogP contribution in [-0.2, 0) is 17.6 Å². The zero-order valence-corrected chi connectivity index (χ0v) is 15.6. The monoisotopic (exact) mass is 344 g/mol. The molecule has 1 aromatic carbocycles. The van der Waals surface area contributed by atoms with Crippen molar-refractivity contribution < 1.29 is 9.53 Å². The molecular formula is C21H32N2O2. The quantitative estimate of drug-likeness (QED) is 0.772. The Hall–Kier alpha value is -1.55. The molecular weight excluding hydrogens is 312 g/mol. The van der Waals surface area contributed by atoms with E-state index in [4.69, 9.17) is 4.74 Å². The molecule has 4 heteroatoms. The average molecular weight is 344 g/mol. The third-order valence-electron chi connectivity index (χ3n) is 5.40. The second-order valence-corrected chi connectivity index (χ2v) is 7.44. The Balaban J connectivity index is 1.38. The molecule has 2 aliphatic rings. The van der Waals surface area contributed by atoms with E-state index < -0.39 is 6.10 Å². The smallest absolute Gasteiger partial charge is 0.260 e. The van der Waals surface area contributed by atoms with E-state index in [1.54, 1.807) is 0 Å². The number of carbonyl (C=O) groups excluding carboxylic acids is 1. The minimum absolute atomic E-state index is 0.0173. The van der Waals surface area contributed by atoms with Crippen molar-refractivity contribution in [1.29, 1.82) is 0 Å². The highest BCUT2D eigenvalue weighted by Gasteiger charge is 2.16. The highest BCUT2D eigenvalue weighted by molar-refractivity contribution is 5.80. The van der Waals surface area contributed by atoms with E-state index in [-0.39, 0.29) is 5.91 Å². The van der Waals surface area contributed by atoms with Crippen LogP contribution >= 0.6 is 0 Å². The lowest BCUT2D eigenvalue weighted by atomic mass is 9.92. The summed E-state index contributed by atoms with van der Waals surface area (Å²) in [6.07, 6.45) is 9.40. The van der Waals surface area contributed by atoms with Gasteiger partial charge in [0.05, 0.1) is 0 Å². The first kappa shape index (κ1) is 18.2. The average Bonchev–Trinajstić information content (AvgIpc) is 2.65. The molecule has 1 atom stereocenters. The van der Waals surface area contributed by atoms with Crippen molar-refractivity contribution in [2.24, 2.45) is 0 Å². The van der Waals surface area contributed by atoms with Crippen LogP contribution in [0, 0.1) is 0 Å². The number of amides is 1. The van der Waals surface area contributed by atoms with E-state index in [0.29, 0.717) is 0 Å². The molecule has 0 bridgehead atoms. The second-order valence-electron chi connectivity index (χ2n) is 7.44. The number of fused-ring (bicyclic) bond motifs is 1. The van der Waals surface area contributed by atoms with Gasteiger partial charge >= 0.3 is 0 Å². The minimum atomic E-state index is -0.448. The molecule has 3 rings (SSSR count). The molecule has 1 aliphatic heterocycles. The van der Waals surface area contributed by atoms with Crippen LogP contribution in [0.1, 0.15) is 56.6 Å². The van der Waals surface area contributed by atoms with Gasteiger partial charge in [-0.25, -0.2) is 0 Å². The zero-order chi connectivity index (χ0) is 17.5. The summed E-state index contributed by atoms with van der Waals surface area (Å²) in [5, 5.41) is 3.01. The van der Waals surface area contributed by atoms with Gasteiger partial charge in [0.2, 0.25) is 0 Å². The summed E-state index contributed by atoms with van der Waals surface area (Å²) in [6, 6.07) is 6.28. The van der Waals surface area contributed by atoms with Gasteiger partial charge in [-0.05, 0) is 94.8 Å². The predicted octanol–water partition coefficient (Wildman–Crippen LogP) is 3.32. The molecule has 1 amide bonds. The van der Waals surface area contributed by atoms with Crippen LogP contribution in [0.4, 0.5) is 0 Å². The molecule has 0 aromatic heterocycles. The summed E-state index contributed by atoms with van der Waals surface area (Å²) in [7, 11) is 0. The maximum Gasteiger partial charge on any atom is 0.260 e. The molecule has 1 fully saturated rings. The first-order valence-corrected chi connectivity index (χ1v) is 10.0. The summed E-state index contributed by atoms with van der Waals surface area (Å²) < 4.78 is 5.87. The van der Waals surface area contributed by atoms with Crippen molar-refractivity contribution in [3.8, 4) is 5.75 Å². The van der Waals surface area contributed by atoms with Crippen LogP contribution < -0.4 is 10.1 Å². The highest BCUT2D eigenvalue weighted by atomic mass is 16.5. The number of hydrogen-bond acceptors (Lipinski definition) is 3. The number of nitrogens with zero attached hydrogens (tertiary/aromatic N) is 1. The minimum Gasteiger partial charge on any atom is -0.481 e. The number of likely N-dealkylation sites (tertiary alicyclic amines) is 1. The molecule has 0 saturated carbocycles. The molecule has 138 valence electrons. The Bertz CT molecular complexity index is 567. The number of piperidine rings is 1. The Morgan fingerprint density at radius 1 is 1.12 bits per heavy atom. The molecule has 0 unspecified atom stereocenters. The summed E-state index contributed by atoms with van der Waals surface area (Å²) in [5.74, 6) is 0.799. The van der Waals surface area contributed by atoms with Gasteiger partial charge in [0.15, 0.2) is 6.10 Å². The fourth-order valence-corrected chi connectivity index (χ4v) is 3.88. The predicted molar refractivity (Wildman–Crippen MR) is 101 cm³/mol. The number of benzene rings is 1. The van der Waals surface area contributed by atoms with Crippen LogP contribution in [0.15, 0.2) is 18.2 Å². The van der Waals surface area contributed by atoms with Crippen molar-refractivity contribution in [2.45, 2.75) is 64.4 Å². The zero-order valence-electron chi connectivity index (χ0n) is 15.6. The first-order valence-electron chi connectivity index (χ1n) is 10.0. The van der Waals surface area contributed by atoms with Crippen LogP contribution in [0.5, 0.6) is 5.75 Å². The number of hydrogen-bond donors (Lipinski definition) is 1. The van der Waals surface area contributed by atoms with Crippen molar-refractivity contribution in [3.63, 3.8) is 0 Å². The topological polar surface area (TPSA) is 41.6 Å². The van der Waals surface area contributed by atoms with E-state index in [9.17, 15) is 4.79 Å². The van der Waals surface area contributed by atoms with E-state index in [1.807, 2.05) is 13.0 Å². The van der Waals surface area contributed by atoms with Crippen LogP contribution in [0.25, 0.3) is 0 Å². The summed E-state index contributed by atoms with van der Waals surface area (Å²) >= 11 is 0. The van der Waals surface area contributed by atoms with Gasteiger partial charge in [-0.1, -0.05) is 12.5 Å². The third kappa shape index (κ3) is 5.46. The van der Waals surface area contributed by atoms with Crippen LogP contribution in [0.3, 0.4) is 0 Å². The summed E-state index contributed by atoms with van der Waals surface area (Å²) in [6.45, 7) is 6.07.